The first-order chi connectivity index (χ1) is 15.9. The standard InChI is InChI=1S/C30H52O3Si2/c1-28(2,3)34(8,9)32-21-13-15-22-20(18-21)12-14-24-23(22)16-17-30(7)25(24)19-26(31)27(30)33-35(10,11)29(4,5)6/h13,15,18,23-27,31H,12,14,16-17,19H2,1-11H3/t23?,24?,25?,26-,27+,30+/m1/s1. The Morgan fingerprint density at radius 3 is 2.17 bits per heavy atom. The first-order valence-corrected chi connectivity index (χ1v) is 19.9. The van der Waals surface area contributed by atoms with E-state index in [1.54, 1.807) is 5.56 Å². The molecule has 3 nitrogen and oxygen atoms in total. The van der Waals surface area contributed by atoms with Crippen molar-refractivity contribution in [2.75, 3.05) is 0 Å². The fraction of sp³-hybridized carbons (Fsp3) is 0.800. The lowest BCUT2D eigenvalue weighted by atomic mass is 9.55. The Morgan fingerprint density at radius 2 is 1.57 bits per heavy atom. The topological polar surface area (TPSA) is 38.7 Å². The third-order valence-corrected chi connectivity index (χ3v) is 19.9. The van der Waals surface area contributed by atoms with E-state index >= 15 is 0 Å². The third-order valence-electron chi connectivity index (χ3n) is 11.0. The molecule has 2 saturated carbocycles. The van der Waals surface area contributed by atoms with Gasteiger partial charge < -0.3 is 14.0 Å². The number of fused-ring (bicyclic) bond motifs is 5. The van der Waals surface area contributed by atoms with Gasteiger partial charge in [-0.1, -0.05) is 54.5 Å². The highest BCUT2D eigenvalue weighted by Crippen LogP contribution is 2.62. The maximum absolute atomic E-state index is 11.3. The molecule has 0 spiro atoms. The van der Waals surface area contributed by atoms with Crippen LogP contribution in [0.25, 0.3) is 0 Å². The van der Waals surface area contributed by atoms with E-state index in [9.17, 15) is 5.11 Å². The Balaban J connectivity index is 1.56. The Morgan fingerprint density at radius 1 is 0.943 bits per heavy atom. The predicted octanol–water partition coefficient (Wildman–Crippen LogP) is 8.29. The molecule has 5 heteroatoms. The predicted molar refractivity (Wildman–Crippen MR) is 152 cm³/mol. The van der Waals surface area contributed by atoms with Gasteiger partial charge in [-0.2, -0.15) is 0 Å². The maximum atomic E-state index is 11.3. The average Bonchev–Trinajstić information content (AvgIpc) is 2.96. The van der Waals surface area contributed by atoms with Crippen molar-refractivity contribution in [3.8, 4) is 5.75 Å². The number of rotatable bonds is 4. The minimum absolute atomic E-state index is 0.0175. The van der Waals surface area contributed by atoms with Crippen LogP contribution in [0.1, 0.15) is 91.2 Å². The van der Waals surface area contributed by atoms with Gasteiger partial charge in [0, 0.05) is 0 Å². The van der Waals surface area contributed by atoms with Gasteiger partial charge in [-0.05, 0) is 115 Å². The Bertz CT molecular complexity index is 942. The highest BCUT2D eigenvalue weighted by molar-refractivity contribution is 6.75. The molecule has 1 aromatic rings. The number of hydrogen-bond donors (Lipinski definition) is 1. The number of benzene rings is 1. The molecule has 6 atom stereocenters. The Kier molecular flexibility index (Phi) is 6.82. The first-order valence-electron chi connectivity index (χ1n) is 14.1. The van der Waals surface area contributed by atoms with Crippen molar-refractivity contribution < 1.29 is 14.0 Å². The summed E-state index contributed by atoms with van der Waals surface area (Å²) >= 11 is 0. The molecule has 2 fully saturated rings. The van der Waals surface area contributed by atoms with Crippen molar-refractivity contribution >= 4 is 16.6 Å². The van der Waals surface area contributed by atoms with Crippen LogP contribution in [0.5, 0.6) is 5.75 Å². The lowest BCUT2D eigenvalue weighted by Gasteiger charge is -2.52. The van der Waals surface area contributed by atoms with E-state index in [4.69, 9.17) is 8.85 Å². The molecule has 3 aliphatic rings. The van der Waals surface area contributed by atoms with Crippen molar-refractivity contribution in [2.45, 2.75) is 135 Å². The molecule has 0 saturated heterocycles. The van der Waals surface area contributed by atoms with Gasteiger partial charge >= 0.3 is 0 Å². The van der Waals surface area contributed by atoms with Crippen LogP contribution in [-0.4, -0.2) is 33.9 Å². The number of aliphatic hydroxyl groups excluding tert-OH is 1. The monoisotopic (exact) mass is 516 g/mol. The van der Waals surface area contributed by atoms with Crippen LogP contribution in [0.2, 0.25) is 36.3 Å². The molecule has 35 heavy (non-hydrogen) atoms. The van der Waals surface area contributed by atoms with E-state index in [0.717, 1.165) is 25.0 Å². The summed E-state index contributed by atoms with van der Waals surface area (Å²) in [6.07, 6.45) is 5.26. The summed E-state index contributed by atoms with van der Waals surface area (Å²) in [5, 5.41) is 11.7. The van der Waals surface area contributed by atoms with Crippen LogP contribution in [0.3, 0.4) is 0 Å². The van der Waals surface area contributed by atoms with Crippen LogP contribution in [0, 0.1) is 17.3 Å². The molecular weight excluding hydrogens is 464 g/mol. The molecule has 3 aliphatic carbocycles. The van der Waals surface area contributed by atoms with E-state index in [1.807, 2.05) is 0 Å². The van der Waals surface area contributed by atoms with Crippen molar-refractivity contribution in [3.63, 3.8) is 0 Å². The second-order valence-electron chi connectivity index (χ2n) is 15.3. The van der Waals surface area contributed by atoms with Crippen LogP contribution < -0.4 is 4.43 Å². The van der Waals surface area contributed by atoms with Gasteiger partial charge in [-0.3, -0.25) is 0 Å². The van der Waals surface area contributed by atoms with Crippen LogP contribution >= 0.6 is 0 Å². The van der Waals surface area contributed by atoms with Crippen LogP contribution in [0.15, 0.2) is 18.2 Å². The van der Waals surface area contributed by atoms with E-state index in [-0.39, 0.29) is 27.7 Å². The Hall–Kier alpha value is -0.626. The number of hydrogen-bond acceptors (Lipinski definition) is 3. The smallest absolute Gasteiger partial charge is 0.250 e. The normalized spacial score (nSPS) is 33.7. The summed E-state index contributed by atoms with van der Waals surface area (Å²) in [4.78, 5) is 0. The van der Waals surface area contributed by atoms with Gasteiger partial charge in [0.15, 0.2) is 8.32 Å². The minimum Gasteiger partial charge on any atom is -0.543 e. The highest BCUT2D eigenvalue weighted by atomic mass is 28.4. The fourth-order valence-electron chi connectivity index (χ4n) is 6.75. The summed E-state index contributed by atoms with van der Waals surface area (Å²) in [5.41, 5.74) is 3.13. The van der Waals surface area contributed by atoms with Gasteiger partial charge in [0.25, 0.3) is 0 Å². The second-order valence-corrected chi connectivity index (χ2v) is 24.8. The highest BCUT2D eigenvalue weighted by Gasteiger charge is 2.60. The molecule has 3 unspecified atom stereocenters. The summed E-state index contributed by atoms with van der Waals surface area (Å²) in [7, 11) is -3.79. The Labute approximate surface area is 217 Å². The fourth-order valence-corrected chi connectivity index (χ4v) is 9.18. The number of aryl methyl sites for hydroxylation is 1. The third kappa shape index (κ3) is 4.73. The first kappa shape index (κ1) is 27.4. The van der Waals surface area contributed by atoms with Gasteiger partial charge in [-0.15, -0.1) is 0 Å². The summed E-state index contributed by atoms with van der Waals surface area (Å²) in [6, 6.07) is 6.97. The lowest BCUT2D eigenvalue weighted by molar-refractivity contribution is -0.0426. The second kappa shape index (κ2) is 8.71. The SMILES string of the molecule is CC(C)(C)[Si](C)(C)Oc1ccc2c(c1)CCC1C2CC[C@@]2(C)C1C[C@@H](O)[C@@H]2O[Si](C)(C)C(C)(C)C. The zero-order valence-corrected chi connectivity index (χ0v) is 26.4. The zero-order chi connectivity index (χ0) is 26.2. The maximum Gasteiger partial charge on any atom is 0.250 e. The van der Waals surface area contributed by atoms with E-state index < -0.39 is 16.6 Å². The van der Waals surface area contributed by atoms with E-state index in [0.29, 0.717) is 17.8 Å². The van der Waals surface area contributed by atoms with Gasteiger partial charge in [0.2, 0.25) is 8.32 Å². The van der Waals surface area contributed by atoms with Gasteiger partial charge in [0.05, 0.1) is 12.2 Å². The molecule has 0 heterocycles. The molecule has 198 valence electrons. The van der Waals surface area contributed by atoms with Gasteiger partial charge in [0.1, 0.15) is 5.75 Å². The van der Waals surface area contributed by atoms with E-state index in [2.05, 4.69) is 92.9 Å². The quantitative estimate of drug-likeness (QED) is 0.409. The summed E-state index contributed by atoms with van der Waals surface area (Å²) < 4.78 is 13.6. The van der Waals surface area contributed by atoms with Crippen LogP contribution in [-0.2, 0) is 10.8 Å². The van der Waals surface area contributed by atoms with Crippen molar-refractivity contribution in [1.82, 2.24) is 0 Å². The summed E-state index contributed by atoms with van der Waals surface area (Å²) in [5.74, 6) is 2.87. The molecule has 4 rings (SSSR count). The zero-order valence-electron chi connectivity index (χ0n) is 24.4. The largest absolute Gasteiger partial charge is 0.543 e. The van der Waals surface area contributed by atoms with Crippen LogP contribution in [0.4, 0.5) is 0 Å². The average molecular weight is 517 g/mol. The molecule has 0 radical (unpaired) electrons. The molecule has 0 amide bonds. The molecule has 0 aliphatic heterocycles. The molecule has 0 aromatic heterocycles. The van der Waals surface area contributed by atoms with E-state index in [1.165, 1.54) is 18.4 Å². The molecular formula is C30H52O3Si2. The van der Waals surface area contributed by atoms with Crippen molar-refractivity contribution in [2.24, 2.45) is 17.3 Å². The lowest BCUT2D eigenvalue weighted by Crippen LogP contribution is -2.52. The minimum atomic E-state index is -1.95. The molecule has 0 bridgehead atoms. The van der Waals surface area contributed by atoms with Crippen molar-refractivity contribution in [3.05, 3.63) is 29.3 Å². The molecule has 1 aromatic carbocycles. The van der Waals surface area contributed by atoms with Gasteiger partial charge in [-0.25, -0.2) is 0 Å². The number of aliphatic hydroxyl groups is 1. The molecule has 1 N–H and O–H groups in total. The van der Waals surface area contributed by atoms with Crippen molar-refractivity contribution in [1.29, 1.82) is 0 Å². The summed E-state index contributed by atoms with van der Waals surface area (Å²) in [6.45, 7) is 25.6.